The zero-order valence-corrected chi connectivity index (χ0v) is 19.7. The average molecular weight is 503 g/mol. The molecule has 1 atom stereocenters. The normalized spacial score (nSPS) is 13.2. The van der Waals surface area contributed by atoms with Crippen LogP contribution in [0.1, 0.15) is 44.0 Å². The topological polar surface area (TPSA) is 65.7 Å². The standard InChI is InChI=1S/C20H30FN5O.HI/c1-20(2,3)17-12-23-18(27-17)13-25-19(22-4)24-11-16(26(5)6)14-7-9-15(21)10-8-14;/h7-10,12,16H,11,13H2,1-6H3,(H2,22,24,25);1H. The number of halogens is 2. The molecule has 28 heavy (non-hydrogen) atoms. The van der Waals surface area contributed by atoms with Gasteiger partial charge in [0.05, 0.1) is 18.8 Å². The molecule has 0 aliphatic carbocycles. The second-order valence-corrected chi connectivity index (χ2v) is 7.71. The summed E-state index contributed by atoms with van der Waals surface area (Å²) in [6.07, 6.45) is 1.77. The number of hydrogen-bond acceptors (Lipinski definition) is 4. The van der Waals surface area contributed by atoms with Crippen molar-refractivity contribution in [3.8, 4) is 0 Å². The SMILES string of the molecule is CN=C(NCc1ncc(C(C)(C)C)o1)NCC(c1ccc(F)cc1)N(C)C.I. The third-order valence-electron chi connectivity index (χ3n) is 4.26. The first-order valence-electron chi connectivity index (χ1n) is 9.02. The van der Waals surface area contributed by atoms with Gasteiger partial charge in [-0.15, -0.1) is 24.0 Å². The number of benzene rings is 1. The molecule has 1 unspecified atom stereocenters. The fourth-order valence-corrected chi connectivity index (χ4v) is 2.60. The fourth-order valence-electron chi connectivity index (χ4n) is 2.60. The van der Waals surface area contributed by atoms with E-state index in [1.54, 1.807) is 25.4 Å². The van der Waals surface area contributed by atoms with Gasteiger partial charge in [-0.1, -0.05) is 32.9 Å². The summed E-state index contributed by atoms with van der Waals surface area (Å²) in [6, 6.07) is 6.65. The predicted molar refractivity (Wildman–Crippen MR) is 122 cm³/mol. The number of oxazole rings is 1. The number of rotatable bonds is 6. The van der Waals surface area contributed by atoms with Gasteiger partial charge >= 0.3 is 0 Å². The van der Waals surface area contributed by atoms with Crippen molar-refractivity contribution >= 4 is 29.9 Å². The maximum atomic E-state index is 13.2. The molecule has 156 valence electrons. The predicted octanol–water partition coefficient (Wildman–Crippen LogP) is 3.70. The van der Waals surface area contributed by atoms with E-state index < -0.39 is 0 Å². The highest BCUT2D eigenvalue weighted by atomic mass is 127. The number of guanidine groups is 1. The van der Waals surface area contributed by atoms with Crippen LogP contribution in [0, 0.1) is 5.82 Å². The summed E-state index contributed by atoms with van der Waals surface area (Å²) in [5, 5.41) is 6.51. The van der Waals surface area contributed by atoms with Gasteiger partial charge in [-0.3, -0.25) is 4.99 Å². The molecule has 0 amide bonds. The number of aliphatic imine (C=N–C) groups is 1. The van der Waals surface area contributed by atoms with Crippen LogP contribution in [0.15, 0.2) is 39.9 Å². The second kappa shape index (κ2) is 10.8. The lowest BCUT2D eigenvalue weighted by molar-refractivity contribution is 0.298. The van der Waals surface area contributed by atoms with E-state index in [4.69, 9.17) is 4.42 Å². The molecule has 0 aliphatic heterocycles. The first-order valence-corrected chi connectivity index (χ1v) is 9.02. The van der Waals surface area contributed by atoms with Crippen LogP contribution in [-0.4, -0.2) is 43.5 Å². The molecule has 0 fully saturated rings. The van der Waals surface area contributed by atoms with Crippen LogP contribution in [0.3, 0.4) is 0 Å². The maximum Gasteiger partial charge on any atom is 0.213 e. The Morgan fingerprint density at radius 3 is 2.36 bits per heavy atom. The summed E-state index contributed by atoms with van der Waals surface area (Å²) in [7, 11) is 5.70. The minimum Gasteiger partial charge on any atom is -0.443 e. The molecule has 8 heteroatoms. The van der Waals surface area contributed by atoms with E-state index in [-0.39, 0.29) is 41.3 Å². The molecule has 1 aromatic carbocycles. The van der Waals surface area contributed by atoms with Crippen molar-refractivity contribution in [3.63, 3.8) is 0 Å². The minimum atomic E-state index is -0.234. The highest BCUT2D eigenvalue weighted by Gasteiger charge is 2.19. The molecule has 1 heterocycles. The summed E-state index contributed by atoms with van der Waals surface area (Å²) in [5.41, 5.74) is 0.964. The van der Waals surface area contributed by atoms with Gasteiger partial charge in [0.2, 0.25) is 5.89 Å². The lowest BCUT2D eigenvalue weighted by Crippen LogP contribution is -2.41. The largest absolute Gasteiger partial charge is 0.443 e. The van der Waals surface area contributed by atoms with Crippen LogP contribution in [0.4, 0.5) is 4.39 Å². The van der Waals surface area contributed by atoms with E-state index in [1.807, 2.05) is 14.1 Å². The van der Waals surface area contributed by atoms with Crippen LogP contribution >= 0.6 is 24.0 Å². The van der Waals surface area contributed by atoms with E-state index in [0.717, 1.165) is 11.3 Å². The third kappa shape index (κ3) is 7.05. The molecule has 0 aliphatic rings. The molecule has 2 N–H and O–H groups in total. The lowest BCUT2D eigenvalue weighted by atomic mass is 9.94. The van der Waals surface area contributed by atoms with E-state index in [9.17, 15) is 4.39 Å². The molecule has 0 bridgehead atoms. The van der Waals surface area contributed by atoms with Crippen molar-refractivity contribution in [3.05, 3.63) is 53.5 Å². The number of likely N-dealkylation sites (N-methyl/N-ethyl adjacent to an activating group) is 1. The molecular weight excluding hydrogens is 472 g/mol. The number of nitrogens with zero attached hydrogens (tertiary/aromatic N) is 3. The van der Waals surface area contributed by atoms with Crippen LogP contribution in [-0.2, 0) is 12.0 Å². The Morgan fingerprint density at radius 2 is 1.86 bits per heavy atom. The Hall–Kier alpha value is -1.68. The van der Waals surface area contributed by atoms with Crippen LogP contribution in [0.25, 0.3) is 0 Å². The van der Waals surface area contributed by atoms with E-state index in [0.29, 0.717) is 24.9 Å². The van der Waals surface area contributed by atoms with Crippen molar-refractivity contribution < 1.29 is 8.81 Å². The van der Waals surface area contributed by atoms with E-state index in [1.165, 1.54) is 12.1 Å². The van der Waals surface area contributed by atoms with Crippen molar-refractivity contribution in [1.82, 2.24) is 20.5 Å². The smallest absolute Gasteiger partial charge is 0.213 e. The Labute approximate surface area is 184 Å². The number of aromatic nitrogens is 1. The van der Waals surface area contributed by atoms with Gasteiger partial charge in [-0.05, 0) is 31.8 Å². The van der Waals surface area contributed by atoms with Gasteiger partial charge in [0.1, 0.15) is 11.6 Å². The van der Waals surface area contributed by atoms with Crippen molar-refractivity contribution in [2.24, 2.45) is 4.99 Å². The molecule has 0 spiro atoms. The van der Waals surface area contributed by atoms with E-state index in [2.05, 4.69) is 46.3 Å². The Kier molecular flexibility index (Phi) is 9.35. The zero-order chi connectivity index (χ0) is 20.0. The van der Waals surface area contributed by atoms with Crippen molar-refractivity contribution in [1.29, 1.82) is 0 Å². The number of nitrogens with one attached hydrogen (secondary N) is 2. The number of hydrogen-bond donors (Lipinski definition) is 2. The fraction of sp³-hybridized carbons (Fsp3) is 0.500. The highest BCUT2D eigenvalue weighted by Crippen LogP contribution is 2.22. The maximum absolute atomic E-state index is 13.2. The zero-order valence-electron chi connectivity index (χ0n) is 17.4. The molecule has 1 aromatic heterocycles. The first kappa shape index (κ1) is 24.4. The van der Waals surface area contributed by atoms with Gasteiger partial charge in [0.15, 0.2) is 5.96 Å². The van der Waals surface area contributed by atoms with Crippen LogP contribution < -0.4 is 10.6 Å². The minimum absolute atomic E-state index is 0. The van der Waals surface area contributed by atoms with Gasteiger partial charge in [0.25, 0.3) is 0 Å². The summed E-state index contributed by atoms with van der Waals surface area (Å²) >= 11 is 0. The van der Waals surface area contributed by atoms with Crippen molar-refractivity contribution in [2.75, 3.05) is 27.7 Å². The van der Waals surface area contributed by atoms with Crippen LogP contribution in [0.5, 0.6) is 0 Å². The van der Waals surface area contributed by atoms with Gasteiger partial charge in [-0.25, -0.2) is 9.37 Å². The lowest BCUT2D eigenvalue weighted by Gasteiger charge is -2.26. The summed E-state index contributed by atoms with van der Waals surface area (Å²) in [6.45, 7) is 7.32. The van der Waals surface area contributed by atoms with Gasteiger partial charge in [-0.2, -0.15) is 0 Å². The quantitative estimate of drug-likeness (QED) is 0.358. The second-order valence-electron chi connectivity index (χ2n) is 7.71. The summed E-state index contributed by atoms with van der Waals surface area (Å²) in [4.78, 5) is 10.6. The first-order chi connectivity index (χ1) is 12.7. The van der Waals surface area contributed by atoms with Gasteiger partial charge in [0, 0.05) is 19.0 Å². The molecule has 2 rings (SSSR count). The monoisotopic (exact) mass is 503 g/mol. The molecule has 0 saturated carbocycles. The molecule has 2 aromatic rings. The Morgan fingerprint density at radius 1 is 1.21 bits per heavy atom. The molecule has 6 nitrogen and oxygen atoms in total. The third-order valence-corrected chi connectivity index (χ3v) is 4.26. The highest BCUT2D eigenvalue weighted by molar-refractivity contribution is 14.0. The van der Waals surface area contributed by atoms with Crippen molar-refractivity contribution in [2.45, 2.75) is 38.8 Å². The summed E-state index contributed by atoms with van der Waals surface area (Å²) in [5.74, 6) is 1.89. The molecule has 0 radical (unpaired) electrons. The molecular formula is C20H31FIN5O. The Bertz CT molecular complexity index is 753. The molecule has 0 saturated heterocycles. The van der Waals surface area contributed by atoms with E-state index >= 15 is 0 Å². The Balaban J connectivity index is 0.00000392. The summed E-state index contributed by atoms with van der Waals surface area (Å²) < 4.78 is 19.0. The van der Waals surface area contributed by atoms with Gasteiger partial charge < -0.3 is 20.0 Å². The average Bonchev–Trinajstić information content (AvgIpc) is 3.08. The van der Waals surface area contributed by atoms with Crippen LogP contribution in [0.2, 0.25) is 0 Å².